The van der Waals surface area contributed by atoms with E-state index in [2.05, 4.69) is 174 Å². The molecule has 3 N–H and O–H groups in total. The van der Waals surface area contributed by atoms with Gasteiger partial charge in [0.05, 0.1) is 26.4 Å². The molecule has 0 aliphatic heterocycles. The Kier molecular flexibility index (Phi) is 70.1. The summed E-state index contributed by atoms with van der Waals surface area (Å²) in [5.74, 6) is -2.31. The van der Waals surface area contributed by atoms with E-state index in [-0.39, 0.29) is 25.7 Å². The van der Waals surface area contributed by atoms with Gasteiger partial charge in [-0.25, -0.2) is 9.13 Å². The molecule has 0 rings (SSSR count). The van der Waals surface area contributed by atoms with Gasteiger partial charge in [0.15, 0.2) is 12.2 Å². The summed E-state index contributed by atoms with van der Waals surface area (Å²) in [6.07, 6.45) is 85.2. The van der Waals surface area contributed by atoms with Gasteiger partial charge < -0.3 is 33.8 Å². The number of hydrogen-bond acceptors (Lipinski definition) is 15. The molecule has 17 nitrogen and oxygen atoms in total. The average molecular weight is 1470 g/mol. The first-order valence-electron chi connectivity index (χ1n) is 38.7. The van der Waals surface area contributed by atoms with Crippen molar-refractivity contribution in [2.24, 2.45) is 0 Å². The number of phosphoric ester groups is 2. The van der Waals surface area contributed by atoms with Crippen molar-refractivity contribution in [1.82, 2.24) is 0 Å². The number of aliphatic hydroxyl groups excluding tert-OH is 1. The number of carbonyl (C=O) groups excluding carboxylic acids is 4. The zero-order valence-corrected chi connectivity index (χ0v) is 65.0. The van der Waals surface area contributed by atoms with E-state index in [0.29, 0.717) is 32.1 Å². The van der Waals surface area contributed by atoms with Crippen molar-refractivity contribution in [2.75, 3.05) is 39.6 Å². The Hall–Kier alpha value is -5.32. The van der Waals surface area contributed by atoms with Crippen molar-refractivity contribution in [2.45, 2.75) is 303 Å². The van der Waals surface area contributed by atoms with E-state index in [0.717, 1.165) is 173 Å². The molecule has 5 atom stereocenters. The fourth-order valence-electron chi connectivity index (χ4n) is 9.67. The molecule has 0 amide bonds. The summed E-state index contributed by atoms with van der Waals surface area (Å²) in [5.41, 5.74) is 0. The lowest BCUT2D eigenvalue weighted by atomic mass is 10.1. The van der Waals surface area contributed by atoms with Crippen LogP contribution in [-0.4, -0.2) is 96.7 Å². The predicted molar refractivity (Wildman–Crippen MR) is 417 cm³/mol. The average Bonchev–Trinajstić information content (AvgIpc) is 0.908. The van der Waals surface area contributed by atoms with Crippen molar-refractivity contribution in [3.8, 4) is 0 Å². The lowest BCUT2D eigenvalue weighted by Crippen LogP contribution is -2.30. The van der Waals surface area contributed by atoms with Crippen molar-refractivity contribution in [3.63, 3.8) is 0 Å². The Morgan fingerprint density at radius 2 is 0.520 bits per heavy atom. The van der Waals surface area contributed by atoms with Crippen LogP contribution in [0.1, 0.15) is 285 Å². The number of hydrogen-bond donors (Lipinski definition) is 3. The van der Waals surface area contributed by atoms with E-state index in [9.17, 15) is 43.2 Å². The molecule has 0 aromatic rings. The molecule has 0 bridgehead atoms. The third-order valence-corrected chi connectivity index (χ3v) is 17.4. The molecule has 0 aromatic heterocycles. The number of aliphatic hydroxyl groups is 1. The van der Waals surface area contributed by atoms with Gasteiger partial charge in [-0.1, -0.05) is 256 Å². The second kappa shape index (κ2) is 74.0. The molecule has 0 radical (unpaired) electrons. The summed E-state index contributed by atoms with van der Waals surface area (Å²) in [4.78, 5) is 72.9. The van der Waals surface area contributed by atoms with Crippen molar-refractivity contribution in [1.29, 1.82) is 0 Å². The second-order valence-electron chi connectivity index (χ2n) is 25.1. The van der Waals surface area contributed by atoms with Crippen LogP contribution in [0, 0.1) is 0 Å². The molecule has 0 heterocycles. The summed E-state index contributed by atoms with van der Waals surface area (Å²) in [7, 11) is -9.99. The minimum Gasteiger partial charge on any atom is -0.462 e. The van der Waals surface area contributed by atoms with Gasteiger partial charge in [0.1, 0.15) is 19.3 Å². The largest absolute Gasteiger partial charge is 0.472 e. The van der Waals surface area contributed by atoms with Crippen molar-refractivity contribution >= 4 is 39.5 Å². The molecule has 580 valence electrons. The van der Waals surface area contributed by atoms with Crippen LogP contribution in [-0.2, 0) is 65.4 Å². The van der Waals surface area contributed by atoms with E-state index in [4.69, 9.17) is 37.0 Å². The van der Waals surface area contributed by atoms with E-state index >= 15 is 0 Å². The first-order valence-corrected chi connectivity index (χ1v) is 41.7. The third kappa shape index (κ3) is 73.0. The molecule has 0 saturated heterocycles. The second-order valence-corrected chi connectivity index (χ2v) is 28.1. The standard InChI is InChI=1S/C83H136O17P2/c1-5-9-13-17-21-25-29-33-36-38-41-44-47-51-55-59-63-67-80(85)93-73-78(99-82(87)69-65-61-57-53-49-43-32-28-24-20-16-12-8-4)75-97-101(89,90)95-71-77(84)72-96-102(91,92)98-76-79(100-83(88)70-66-62-58-54-50-46-40-35-31-27-23-19-15-11-7-3)74-94-81(86)68-64-60-56-52-48-45-42-39-37-34-30-26-22-18-14-10-6-2/h9-11,13-15,21-23,25-28,32-37,40-42,44-45,51,55,77-79,84H,5-8,12,16-20,24,29-31,38-39,43,46-50,52-54,56-76H2,1-4H3,(H,89,90)(H,91,92)/b13-9-,14-10-,15-11-,25-21-,26-22-,27-23-,32-28-,36-33-,37-34-,40-35-,44-41-,45-42-,55-51-. The minimum absolute atomic E-state index is 0.0633. The number of unbranched alkanes of at least 4 members (excludes halogenated alkanes) is 19. The molecule has 102 heavy (non-hydrogen) atoms. The number of esters is 4. The van der Waals surface area contributed by atoms with Gasteiger partial charge in [-0.05, 0) is 161 Å². The lowest BCUT2D eigenvalue weighted by Gasteiger charge is -2.21. The molecule has 5 unspecified atom stereocenters. The summed E-state index contributed by atoms with van der Waals surface area (Å²) in [6, 6.07) is 0. The summed E-state index contributed by atoms with van der Waals surface area (Å²) < 4.78 is 68.4. The lowest BCUT2D eigenvalue weighted by molar-refractivity contribution is -0.161. The van der Waals surface area contributed by atoms with Crippen LogP contribution in [0.25, 0.3) is 0 Å². The Balaban J connectivity index is 5.45. The van der Waals surface area contributed by atoms with E-state index < -0.39 is 97.5 Å². The maximum absolute atomic E-state index is 13.1. The van der Waals surface area contributed by atoms with Gasteiger partial charge in [-0.3, -0.25) is 37.3 Å². The highest BCUT2D eigenvalue weighted by Crippen LogP contribution is 2.45. The number of ether oxygens (including phenoxy) is 4. The highest BCUT2D eigenvalue weighted by molar-refractivity contribution is 7.47. The van der Waals surface area contributed by atoms with Gasteiger partial charge in [0, 0.05) is 25.7 Å². The Morgan fingerprint density at radius 3 is 0.833 bits per heavy atom. The van der Waals surface area contributed by atoms with Crippen LogP contribution >= 0.6 is 15.6 Å². The zero-order chi connectivity index (χ0) is 74.6. The van der Waals surface area contributed by atoms with E-state index in [1.165, 1.54) is 25.7 Å². The maximum Gasteiger partial charge on any atom is 0.472 e. The molecular formula is C83H136O17P2. The Bertz CT molecular complexity index is 2550. The topological polar surface area (TPSA) is 237 Å². The highest BCUT2D eigenvalue weighted by atomic mass is 31.2. The van der Waals surface area contributed by atoms with Crippen LogP contribution in [0.3, 0.4) is 0 Å². The quantitative estimate of drug-likeness (QED) is 0.0169. The molecule has 0 aliphatic rings. The van der Waals surface area contributed by atoms with E-state index in [1.54, 1.807) is 0 Å². The number of carbonyl (C=O) groups is 4. The maximum atomic E-state index is 13.1. The molecule has 0 saturated carbocycles. The number of rotatable bonds is 71. The normalized spacial score (nSPS) is 14.8. The molecule has 0 spiro atoms. The van der Waals surface area contributed by atoms with E-state index in [1.807, 2.05) is 12.2 Å². The predicted octanol–water partition coefficient (Wildman–Crippen LogP) is 22.4. The monoisotopic (exact) mass is 1470 g/mol. The van der Waals surface area contributed by atoms with Crippen molar-refractivity contribution in [3.05, 3.63) is 158 Å². The summed E-state index contributed by atoms with van der Waals surface area (Å²) in [5, 5.41) is 10.6. The summed E-state index contributed by atoms with van der Waals surface area (Å²) in [6.45, 7) is 4.38. The molecular weight excluding hydrogens is 1330 g/mol. The fourth-order valence-corrected chi connectivity index (χ4v) is 11.2. The van der Waals surface area contributed by atoms with Crippen LogP contribution in [0.15, 0.2) is 158 Å². The van der Waals surface area contributed by atoms with Gasteiger partial charge in [-0.2, -0.15) is 0 Å². The number of allylic oxidation sites excluding steroid dienone is 26. The third-order valence-electron chi connectivity index (χ3n) is 15.5. The molecule has 0 fully saturated rings. The molecule has 0 aliphatic carbocycles. The molecule has 19 heteroatoms. The van der Waals surface area contributed by atoms with Crippen LogP contribution in [0.5, 0.6) is 0 Å². The minimum atomic E-state index is -5.00. The van der Waals surface area contributed by atoms with Gasteiger partial charge >= 0.3 is 39.5 Å². The smallest absolute Gasteiger partial charge is 0.462 e. The molecule has 0 aromatic carbocycles. The fraction of sp³-hybridized carbons (Fsp3) is 0.639. The Morgan fingerprint density at radius 1 is 0.284 bits per heavy atom. The number of phosphoric acid groups is 2. The van der Waals surface area contributed by atoms with Crippen LogP contribution in [0.4, 0.5) is 0 Å². The highest BCUT2D eigenvalue weighted by Gasteiger charge is 2.30. The van der Waals surface area contributed by atoms with Gasteiger partial charge in [0.2, 0.25) is 0 Å². The van der Waals surface area contributed by atoms with Gasteiger partial charge in [0.25, 0.3) is 0 Å². The zero-order valence-electron chi connectivity index (χ0n) is 63.2. The van der Waals surface area contributed by atoms with Crippen LogP contribution in [0.2, 0.25) is 0 Å². The first kappa shape index (κ1) is 96.7. The summed E-state index contributed by atoms with van der Waals surface area (Å²) >= 11 is 0. The first-order chi connectivity index (χ1) is 49.7. The van der Waals surface area contributed by atoms with Gasteiger partial charge in [-0.15, -0.1) is 0 Å². The SMILES string of the molecule is CC/C=C\C/C=C\C/C=C\C/C=C\C/C=C\CCCC(=O)OCC(COP(=O)(O)OCC(O)COP(=O)(O)OCC(COC(=O)CCCCCC/C=C\C/C=C\C/C=C\C/C=C\CC)OC(=O)CCCCCCC/C=C\C/C=C\C/C=C\CC)OC(=O)CCCCCCC/C=C\CCCCCC. The van der Waals surface area contributed by atoms with Crippen molar-refractivity contribution < 1.29 is 80.2 Å². The Labute approximate surface area is 617 Å². The van der Waals surface area contributed by atoms with Crippen LogP contribution < -0.4 is 0 Å².